The molecular formula is C20H23NO4. The SMILES string of the molecule is Cc1cc(=O)c(OCc2ccccc2)c(C(=O)NC2CCCCC2)o1. The van der Waals surface area contributed by atoms with Gasteiger partial charge in [-0.1, -0.05) is 49.6 Å². The van der Waals surface area contributed by atoms with Crippen molar-refractivity contribution in [3.05, 3.63) is 63.7 Å². The van der Waals surface area contributed by atoms with Gasteiger partial charge >= 0.3 is 0 Å². The van der Waals surface area contributed by atoms with Gasteiger partial charge in [-0.3, -0.25) is 9.59 Å². The van der Waals surface area contributed by atoms with Crippen LogP contribution in [-0.4, -0.2) is 11.9 Å². The third-order valence-electron chi connectivity index (χ3n) is 4.40. The predicted molar refractivity (Wildman–Crippen MR) is 94.8 cm³/mol. The standard InChI is InChI=1S/C20H23NO4/c1-14-12-17(22)18(24-13-15-8-4-2-5-9-15)19(25-14)20(23)21-16-10-6-3-7-11-16/h2,4-5,8-9,12,16H,3,6-7,10-11,13H2,1H3,(H,21,23). The highest BCUT2D eigenvalue weighted by atomic mass is 16.5. The Morgan fingerprint density at radius 3 is 2.64 bits per heavy atom. The maximum absolute atomic E-state index is 12.6. The third-order valence-corrected chi connectivity index (χ3v) is 4.40. The normalized spacial score (nSPS) is 14.9. The molecular weight excluding hydrogens is 318 g/mol. The minimum absolute atomic E-state index is 0.0252. The molecule has 1 aliphatic rings. The Labute approximate surface area is 147 Å². The molecule has 0 radical (unpaired) electrons. The summed E-state index contributed by atoms with van der Waals surface area (Å²) in [6.45, 7) is 1.86. The van der Waals surface area contributed by atoms with E-state index in [1.165, 1.54) is 12.5 Å². The zero-order valence-electron chi connectivity index (χ0n) is 14.4. The molecule has 132 valence electrons. The molecule has 0 unspecified atom stereocenters. The fourth-order valence-electron chi connectivity index (χ4n) is 3.11. The van der Waals surface area contributed by atoms with Gasteiger partial charge in [-0.25, -0.2) is 0 Å². The van der Waals surface area contributed by atoms with E-state index in [1.807, 2.05) is 30.3 Å². The molecule has 5 nitrogen and oxygen atoms in total. The summed E-state index contributed by atoms with van der Waals surface area (Å²) in [6, 6.07) is 11.0. The number of ether oxygens (including phenoxy) is 1. The van der Waals surface area contributed by atoms with Crippen molar-refractivity contribution >= 4 is 5.91 Å². The summed E-state index contributed by atoms with van der Waals surface area (Å²) in [6.07, 6.45) is 5.35. The van der Waals surface area contributed by atoms with Crippen molar-refractivity contribution in [2.75, 3.05) is 0 Å². The first-order chi connectivity index (χ1) is 12.1. The second kappa shape index (κ2) is 8.01. The predicted octanol–water partition coefficient (Wildman–Crippen LogP) is 3.59. The molecule has 0 bridgehead atoms. The minimum Gasteiger partial charge on any atom is -0.481 e. The van der Waals surface area contributed by atoms with Crippen LogP contribution in [0.3, 0.4) is 0 Å². The molecule has 1 aliphatic carbocycles. The van der Waals surface area contributed by atoms with Crippen LogP contribution in [0.4, 0.5) is 0 Å². The Balaban J connectivity index is 1.79. The molecule has 3 rings (SSSR count). The number of nitrogens with one attached hydrogen (secondary N) is 1. The lowest BCUT2D eigenvalue weighted by Crippen LogP contribution is -2.36. The van der Waals surface area contributed by atoms with Gasteiger partial charge in [-0.05, 0) is 25.3 Å². The van der Waals surface area contributed by atoms with E-state index in [1.54, 1.807) is 6.92 Å². The molecule has 1 fully saturated rings. The first kappa shape index (κ1) is 17.3. The van der Waals surface area contributed by atoms with Gasteiger partial charge in [0.1, 0.15) is 12.4 Å². The molecule has 0 spiro atoms. The van der Waals surface area contributed by atoms with Gasteiger partial charge in [0.2, 0.25) is 16.9 Å². The average Bonchev–Trinajstić information content (AvgIpc) is 2.62. The fraction of sp³-hybridized carbons (Fsp3) is 0.400. The highest BCUT2D eigenvalue weighted by Gasteiger charge is 2.23. The smallest absolute Gasteiger partial charge is 0.291 e. The van der Waals surface area contributed by atoms with Crippen molar-refractivity contribution in [3.8, 4) is 5.75 Å². The van der Waals surface area contributed by atoms with Crippen LogP contribution in [-0.2, 0) is 6.61 Å². The number of hydrogen-bond acceptors (Lipinski definition) is 4. The van der Waals surface area contributed by atoms with E-state index in [2.05, 4.69) is 5.32 Å². The van der Waals surface area contributed by atoms with Crippen LogP contribution in [0.25, 0.3) is 0 Å². The average molecular weight is 341 g/mol. The first-order valence-corrected chi connectivity index (χ1v) is 8.76. The maximum atomic E-state index is 12.6. The topological polar surface area (TPSA) is 68.5 Å². The molecule has 0 saturated heterocycles. The highest BCUT2D eigenvalue weighted by Crippen LogP contribution is 2.20. The number of benzene rings is 1. The number of carbonyl (C=O) groups is 1. The van der Waals surface area contributed by atoms with E-state index in [0.29, 0.717) is 5.76 Å². The van der Waals surface area contributed by atoms with E-state index in [0.717, 1.165) is 31.2 Å². The lowest BCUT2D eigenvalue weighted by Gasteiger charge is -2.22. The van der Waals surface area contributed by atoms with E-state index in [-0.39, 0.29) is 35.5 Å². The van der Waals surface area contributed by atoms with Crippen LogP contribution in [0.5, 0.6) is 5.75 Å². The van der Waals surface area contributed by atoms with Crippen LogP contribution < -0.4 is 15.5 Å². The third kappa shape index (κ3) is 4.50. The van der Waals surface area contributed by atoms with Crippen LogP contribution >= 0.6 is 0 Å². The van der Waals surface area contributed by atoms with E-state index in [9.17, 15) is 9.59 Å². The molecule has 25 heavy (non-hydrogen) atoms. The quantitative estimate of drug-likeness (QED) is 0.902. The number of aryl methyl sites for hydroxylation is 1. The van der Waals surface area contributed by atoms with Gasteiger partial charge in [0.25, 0.3) is 5.91 Å². The van der Waals surface area contributed by atoms with Gasteiger partial charge in [-0.2, -0.15) is 0 Å². The Kier molecular flexibility index (Phi) is 5.53. The minimum atomic E-state index is -0.379. The van der Waals surface area contributed by atoms with Gasteiger partial charge < -0.3 is 14.5 Å². The molecule has 0 aliphatic heterocycles. The van der Waals surface area contributed by atoms with Crippen molar-refractivity contribution in [3.63, 3.8) is 0 Å². The molecule has 1 aromatic carbocycles. The molecule has 1 saturated carbocycles. The zero-order chi connectivity index (χ0) is 17.6. The lowest BCUT2D eigenvalue weighted by atomic mass is 9.95. The molecule has 1 heterocycles. The largest absolute Gasteiger partial charge is 0.481 e. The Morgan fingerprint density at radius 2 is 1.92 bits per heavy atom. The van der Waals surface area contributed by atoms with Gasteiger partial charge in [0.15, 0.2) is 0 Å². The van der Waals surface area contributed by atoms with Crippen LogP contribution in [0.1, 0.15) is 54.0 Å². The molecule has 0 atom stereocenters. The molecule has 2 aromatic rings. The Morgan fingerprint density at radius 1 is 1.20 bits per heavy atom. The first-order valence-electron chi connectivity index (χ1n) is 8.76. The lowest BCUT2D eigenvalue weighted by molar-refractivity contribution is 0.0886. The number of amides is 1. The Hall–Kier alpha value is -2.56. The van der Waals surface area contributed by atoms with Crippen molar-refractivity contribution in [1.29, 1.82) is 0 Å². The summed E-state index contributed by atoms with van der Waals surface area (Å²) in [5.41, 5.74) is 0.578. The van der Waals surface area contributed by atoms with Gasteiger partial charge in [-0.15, -0.1) is 0 Å². The zero-order valence-corrected chi connectivity index (χ0v) is 14.4. The summed E-state index contributed by atoms with van der Waals surface area (Å²) in [7, 11) is 0. The van der Waals surface area contributed by atoms with Crippen molar-refractivity contribution in [1.82, 2.24) is 5.32 Å². The highest BCUT2D eigenvalue weighted by molar-refractivity contribution is 5.94. The fourth-order valence-corrected chi connectivity index (χ4v) is 3.11. The van der Waals surface area contributed by atoms with Gasteiger partial charge in [0.05, 0.1) is 0 Å². The molecule has 1 aromatic heterocycles. The Bertz CT molecular complexity index is 776. The van der Waals surface area contributed by atoms with Gasteiger partial charge in [0, 0.05) is 12.1 Å². The second-order valence-corrected chi connectivity index (χ2v) is 6.46. The monoisotopic (exact) mass is 341 g/mol. The van der Waals surface area contributed by atoms with Crippen LogP contribution in [0.15, 0.2) is 45.6 Å². The van der Waals surface area contributed by atoms with Crippen molar-refractivity contribution in [2.24, 2.45) is 0 Å². The molecule has 1 N–H and O–H groups in total. The summed E-state index contributed by atoms with van der Waals surface area (Å²) < 4.78 is 11.2. The van der Waals surface area contributed by atoms with Crippen molar-refractivity contribution < 1.29 is 13.9 Å². The number of hydrogen-bond donors (Lipinski definition) is 1. The number of rotatable bonds is 5. The summed E-state index contributed by atoms with van der Waals surface area (Å²) in [5, 5.41) is 2.98. The van der Waals surface area contributed by atoms with E-state index < -0.39 is 0 Å². The number of carbonyl (C=O) groups excluding carboxylic acids is 1. The molecule has 5 heteroatoms. The van der Waals surface area contributed by atoms with E-state index in [4.69, 9.17) is 9.15 Å². The molecule has 1 amide bonds. The van der Waals surface area contributed by atoms with E-state index >= 15 is 0 Å². The van der Waals surface area contributed by atoms with Crippen LogP contribution in [0.2, 0.25) is 0 Å². The summed E-state index contributed by atoms with van der Waals surface area (Å²) >= 11 is 0. The summed E-state index contributed by atoms with van der Waals surface area (Å²) in [4.78, 5) is 24.9. The van der Waals surface area contributed by atoms with Crippen molar-refractivity contribution in [2.45, 2.75) is 51.7 Å². The second-order valence-electron chi connectivity index (χ2n) is 6.46. The van der Waals surface area contributed by atoms with Crippen LogP contribution in [0, 0.1) is 6.92 Å². The maximum Gasteiger partial charge on any atom is 0.291 e. The summed E-state index contributed by atoms with van der Waals surface area (Å²) in [5.74, 6) is -0.0455.